The van der Waals surface area contributed by atoms with E-state index in [1.807, 2.05) is 0 Å². The predicted molar refractivity (Wildman–Crippen MR) is 313 cm³/mol. The first-order valence-corrected chi connectivity index (χ1v) is 25.5. The zero-order valence-corrected chi connectivity index (χ0v) is 40.6. The van der Waals surface area contributed by atoms with Gasteiger partial charge in [0.05, 0.1) is 27.8 Å². The maximum Gasteiger partial charge on any atom is 0.0547 e. The minimum absolute atomic E-state index is 1.13. The summed E-state index contributed by atoms with van der Waals surface area (Å²) in [6.45, 7) is 0. The number of hydrogen-bond acceptors (Lipinski definition) is 0. The van der Waals surface area contributed by atoms with E-state index in [2.05, 4.69) is 300 Å². The summed E-state index contributed by atoms with van der Waals surface area (Å²) in [5, 5.41) is 4.87. The van der Waals surface area contributed by atoms with E-state index >= 15 is 0 Å². The third kappa shape index (κ3) is 7.52. The minimum Gasteiger partial charge on any atom is -0.309 e. The van der Waals surface area contributed by atoms with Crippen molar-refractivity contribution in [1.29, 1.82) is 0 Å². The number of rotatable bonds is 9. The largest absolute Gasteiger partial charge is 0.309 e. The van der Waals surface area contributed by atoms with Crippen LogP contribution >= 0.6 is 0 Å². The minimum atomic E-state index is 1.13. The first-order chi connectivity index (χ1) is 36.7. The second kappa shape index (κ2) is 18.1. The Kier molecular flexibility index (Phi) is 10.6. The van der Waals surface area contributed by atoms with Crippen LogP contribution in [-0.2, 0) is 0 Å². The highest BCUT2D eigenvalue weighted by Crippen LogP contribution is 2.44. The Balaban J connectivity index is 0.993. The molecule has 2 nitrogen and oxygen atoms in total. The summed E-state index contributed by atoms with van der Waals surface area (Å²) in [6.07, 6.45) is 0. The molecule has 0 atom stereocenters. The van der Waals surface area contributed by atoms with Gasteiger partial charge in [-0.2, -0.15) is 0 Å². The molecule has 2 aromatic heterocycles. The Morgan fingerprint density at radius 3 is 1.12 bits per heavy atom. The lowest BCUT2D eigenvalue weighted by Crippen LogP contribution is -1.98. The maximum absolute atomic E-state index is 2.49. The van der Waals surface area contributed by atoms with E-state index in [9.17, 15) is 0 Å². The van der Waals surface area contributed by atoms with E-state index in [1.54, 1.807) is 0 Å². The molecule has 0 radical (unpaired) electrons. The predicted octanol–water partition coefficient (Wildman–Crippen LogP) is 19.5. The van der Waals surface area contributed by atoms with Crippen LogP contribution in [0.5, 0.6) is 0 Å². The number of benzene rings is 12. The molecule has 0 saturated heterocycles. The Bertz CT molecular complexity index is 4360. The summed E-state index contributed by atoms with van der Waals surface area (Å²) in [5.41, 5.74) is 23.6. The third-order valence-corrected chi connectivity index (χ3v) is 14.9. The van der Waals surface area contributed by atoms with Crippen LogP contribution in [0, 0.1) is 0 Å². The molecule has 0 aliphatic heterocycles. The van der Waals surface area contributed by atoms with Gasteiger partial charge >= 0.3 is 0 Å². The molecule has 14 aromatic rings. The van der Waals surface area contributed by atoms with Crippen LogP contribution in [0.4, 0.5) is 0 Å². The second-order valence-electron chi connectivity index (χ2n) is 19.3. The third-order valence-electron chi connectivity index (χ3n) is 14.9. The molecule has 0 N–H and O–H groups in total. The van der Waals surface area contributed by atoms with E-state index < -0.39 is 0 Å². The van der Waals surface area contributed by atoms with Crippen LogP contribution in [0.2, 0.25) is 0 Å². The number of nitrogens with zero attached hydrogens (tertiary/aromatic N) is 2. The van der Waals surface area contributed by atoms with E-state index in [-0.39, 0.29) is 0 Å². The summed E-state index contributed by atoms with van der Waals surface area (Å²) in [4.78, 5) is 0. The van der Waals surface area contributed by atoms with Crippen molar-refractivity contribution in [2.75, 3.05) is 0 Å². The Hall–Kier alpha value is -9.76. The van der Waals surface area contributed by atoms with Crippen LogP contribution < -0.4 is 0 Å². The van der Waals surface area contributed by atoms with Crippen LogP contribution in [0.15, 0.2) is 291 Å². The number of hydrogen-bond donors (Lipinski definition) is 0. The molecule has 0 spiro atoms. The first-order valence-electron chi connectivity index (χ1n) is 25.5. The molecule has 0 amide bonds. The number of aromatic nitrogens is 2. The quantitative estimate of drug-likeness (QED) is 0.136. The lowest BCUT2D eigenvalue weighted by molar-refractivity contribution is 1.18. The smallest absolute Gasteiger partial charge is 0.0547 e. The van der Waals surface area contributed by atoms with Crippen molar-refractivity contribution in [3.8, 4) is 89.3 Å². The highest BCUT2D eigenvalue weighted by molar-refractivity contribution is 6.17. The molecule has 0 bridgehead atoms. The van der Waals surface area contributed by atoms with Gasteiger partial charge in [0.2, 0.25) is 0 Å². The topological polar surface area (TPSA) is 9.86 Å². The van der Waals surface area contributed by atoms with E-state index in [1.165, 1.54) is 116 Å². The Morgan fingerprint density at radius 2 is 0.568 bits per heavy atom. The van der Waals surface area contributed by atoms with Crippen LogP contribution in [0.25, 0.3) is 133 Å². The lowest BCUT2D eigenvalue weighted by Gasteiger charge is -2.16. The molecule has 0 aliphatic rings. The van der Waals surface area contributed by atoms with Gasteiger partial charge in [-0.3, -0.25) is 0 Å². The zero-order valence-electron chi connectivity index (χ0n) is 40.6. The van der Waals surface area contributed by atoms with Crippen molar-refractivity contribution in [1.82, 2.24) is 9.13 Å². The molecule has 0 unspecified atom stereocenters. The molecular formula is C72H48N2. The fourth-order valence-corrected chi connectivity index (χ4v) is 11.4. The molecule has 2 heterocycles. The summed E-state index contributed by atoms with van der Waals surface area (Å²) in [6, 6.07) is 107. The summed E-state index contributed by atoms with van der Waals surface area (Å²) >= 11 is 0. The molecule has 74 heavy (non-hydrogen) atoms. The summed E-state index contributed by atoms with van der Waals surface area (Å²) in [5.74, 6) is 0. The van der Waals surface area contributed by atoms with Crippen molar-refractivity contribution < 1.29 is 0 Å². The first kappa shape index (κ1) is 43.1. The van der Waals surface area contributed by atoms with E-state index in [0.717, 1.165) is 16.9 Å². The average molecular weight is 941 g/mol. The second-order valence-corrected chi connectivity index (χ2v) is 19.3. The molecule has 0 saturated carbocycles. The van der Waals surface area contributed by atoms with Gasteiger partial charge in [0.25, 0.3) is 0 Å². The fraction of sp³-hybridized carbons (Fsp3) is 0. The Labute approximate surface area is 431 Å². The average Bonchev–Trinajstić information content (AvgIpc) is 4.03. The SMILES string of the molecule is c1ccc(-c2ccc(-n3c4ccc(-c5ccc6c(c5)c5cc(-c7ccccc7)ccc5n6-c5cc(-c6ccccc6)ccc5-c5ccccc5)cc4c4c(-c5cccc(-c6ccccc6)c5)cccc43)cc2)cc1. The normalized spacial score (nSPS) is 11.5. The standard InChI is InChI=1S/C72H48N2/c1-6-18-49(19-7-1)53-32-38-61(39-33-53)73-69-43-37-58(47-66(69)72-63(30-17-31-70(72)73)60-29-16-28-55(44-60)50-20-8-2-9-21-50)57-36-42-68-65(46-57)64-45-56(51-22-10-3-11-23-51)35-41-67(64)74(68)71-48-59(52-24-12-4-13-25-52)34-40-62(71)54-26-14-5-15-27-54/h1-48H. The molecule has 0 fully saturated rings. The molecule has 14 rings (SSSR count). The highest BCUT2D eigenvalue weighted by atomic mass is 15.0. The zero-order chi connectivity index (χ0) is 49.0. The number of fused-ring (bicyclic) bond motifs is 6. The van der Waals surface area contributed by atoms with Gasteiger partial charge < -0.3 is 9.13 Å². The van der Waals surface area contributed by atoms with Gasteiger partial charge in [0, 0.05) is 32.8 Å². The molecule has 346 valence electrons. The van der Waals surface area contributed by atoms with Gasteiger partial charge in [-0.25, -0.2) is 0 Å². The molecule has 0 aliphatic carbocycles. The van der Waals surface area contributed by atoms with Crippen molar-refractivity contribution in [2.45, 2.75) is 0 Å². The van der Waals surface area contributed by atoms with Crippen molar-refractivity contribution in [3.63, 3.8) is 0 Å². The molecular weight excluding hydrogens is 893 g/mol. The van der Waals surface area contributed by atoms with Crippen molar-refractivity contribution in [2.24, 2.45) is 0 Å². The lowest BCUT2D eigenvalue weighted by atomic mass is 9.95. The Morgan fingerprint density at radius 1 is 0.189 bits per heavy atom. The summed E-state index contributed by atoms with van der Waals surface area (Å²) < 4.78 is 4.94. The van der Waals surface area contributed by atoms with Gasteiger partial charge in [-0.1, -0.05) is 224 Å². The highest BCUT2D eigenvalue weighted by Gasteiger charge is 2.21. The van der Waals surface area contributed by atoms with Crippen molar-refractivity contribution >= 4 is 43.6 Å². The van der Waals surface area contributed by atoms with Crippen LogP contribution in [0.3, 0.4) is 0 Å². The van der Waals surface area contributed by atoms with Gasteiger partial charge in [-0.15, -0.1) is 0 Å². The van der Waals surface area contributed by atoms with Gasteiger partial charge in [0.1, 0.15) is 0 Å². The molecule has 12 aromatic carbocycles. The molecule has 2 heteroatoms. The fourth-order valence-electron chi connectivity index (χ4n) is 11.4. The van der Waals surface area contributed by atoms with E-state index in [4.69, 9.17) is 0 Å². The van der Waals surface area contributed by atoms with Gasteiger partial charge in [0.15, 0.2) is 0 Å². The van der Waals surface area contributed by atoms with Crippen LogP contribution in [0.1, 0.15) is 0 Å². The van der Waals surface area contributed by atoms with Crippen molar-refractivity contribution in [3.05, 3.63) is 291 Å². The summed E-state index contributed by atoms with van der Waals surface area (Å²) in [7, 11) is 0. The van der Waals surface area contributed by atoms with E-state index in [0.29, 0.717) is 0 Å². The van der Waals surface area contributed by atoms with Crippen LogP contribution in [-0.4, -0.2) is 9.13 Å². The van der Waals surface area contributed by atoms with Gasteiger partial charge in [-0.05, 0) is 139 Å². The monoisotopic (exact) mass is 940 g/mol. The maximum atomic E-state index is 2.49.